The highest BCUT2D eigenvalue weighted by Gasteiger charge is 2.42. The molecule has 0 saturated heterocycles. The van der Waals surface area contributed by atoms with Crippen LogP contribution in [0.3, 0.4) is 0 Å². The molecule has 0 spiro atoms. The molecule has 0 aromatic carbocycles. The summed E-state index contributed by atoms with van der Waals surface area (Å²) >= 11 is 0. The van der Waals surface area contributed by atoms with Crippen LogP contribution in [0.5, 0.6) is 0 Å². The van der Waals surface area contributed by atoms with Crippen LogP contribution >= 0.6 is 0 Å². The van der Waals surface area contributed by atoms with Gasteiger partial charge in [-0.3, -0.25) is 0 Å². The van der Waals surface area contributed by atoms with Crippen molar-refractivity contribution in [1.82, 2.24) is 4.98 Å². The van der Waals surface area contributed by atoms with E-state index in [1.165, 1.54) is 0 Å². The Balaban J connectivity index is 2.14. The summed E-state index contributed by atoms with van der Waals surface area (Å²) in [4.78, 5) is 4.10. The Kier molecular flexibility index (Phi) is 1.84. The zero-order chi connectivity index (χ0) is 9.31. The van der Waals surface area contributed by atoms with E-state index >= 15 is 0 Å². The van der Waals surface area contributed by atoms with Crippen LogP contribution in [0.1, 0.15) is 12.8 Å². The van der Waals surface area contributed by atoms with Crippen LogP contribution in [0.2, 0.25) is 0 Å². The molecule has 0 unspecified atom stereocenters. The molecule has 1 heterocycles. The summed E-state index contributed by atoms with van der Waals surface area (Å²) < 4.78 is 0. The van der Waals surface area contributed by atoms with Gasteiger partial charge in [-0.2, -0.15) is 0 Å². The second kappa shape index (κ2) is 2.88. The SMILES string of the molecule is Nc1cccnc1NC1(CO)CC1. The van der Waals surface area contributed by atoms with E-state index in [1.54, 1.807) is 18.3 Å². The van der Waals surface area contributed by atoms with Crippen LogP contribution in [0.25, 0.3) is 0 Å². The number of nitrogens with zero attached hydrogens (tertiary/aromatic N) is 1. The van der Waals surface area contributed by atoms with Gasteiger partial charge in [0.05, 0.1) is 17.8 Å². The highest BCUT2D eigenvalue weighted by molar-refractivity contribution is 5.62. The van der Waals surface area contributed by atoms with E-state index in [-0.39, 0.29) is 12.1 Å². The monoisotopic (exact) mass is 179 g/mol. The van der Waals surface area contributed by atoms with Crippen molar-refractivity contribution in [3.8, 4) is 0 Å². The normalized spacial score (nSPS) is 18.2. The maximum Gasteiger partial charge on any atom is 0.149 e. The van der Waals surface area contributed by atoms with Crippen LogP contribution in [0, 0.1) is 0 Å². The first-order valence-electron chi connectivity index (χ1n) is 4.35. The Morgan fingerprint density at radius 2 is 2.38 bits per heavy atom. The van der Waals surface area contributed by atoms with E-state index in [9.17, 15) is 0 Å². The lowest BCUT2D eigenvalue weighted by Crippen LogP contribution is -2.26. The molecule has 4 N–H and O–H groups in total. The van der Waals surface area contributed by atoms with E-state index in [0.29, 0.717) is 11.5 Å². The van der Waals surface area contributed by atoms with Gasteiger partial charge in [0.2, 0.25) is 0 Å². The Morgan fingerprint density at radius 3 is 2.92 bits per heavy atom. The van der Waals surface area contributed by atoms with Gasteiger partial charge in [0.1, 0.15) is 5.82 Å². The number of hydrogen-bond acceptors (Lipinski definition) is 4. The minimum absolute atomic E-state index is 0.142. The van der Waals surface area contributed by atoms with Gasteiger partial charge in [-0.25, -0.2) is 4.98 Å². The van der Waals surface area contributed by atoms with E-state index in [2.05, 4.69) is 10.3 Å². The number of nitrogen functional groups attached to an aromatic ring is 1. The summed E-state index contributed by atoms with van der Waals surface area (Å²) in [5.74, 6) is 0.675. The molecule has 1 aliphatic carbocycles. The predicted octanol–water partition coefficient (Wildman–Crippen LogP) is 0.601. The topological polar surface area (TPSA) is 71.2 Å². The minimum atomic E-state index is -0.150. The summed E-state index contributed by atoms with van der Waals surface area (Å²) in [6, 6.07) is 3.59. The van der Waals surface area contributed by atoms with Gasteiger partial charge in [0.15, 0.2) is 0 Å². The van der Waals surface area contributed by atoms with Gasteiger partial charge < -0.3 is 16.2 Å². The average molecular weight is 179 g/mol. The molecular formula is C9H13N3O. The second-order valence-corrected chi connectivity index (χ2v) is 3.50. The molecule has 0 radical (unpaired) electrons. The third kappa shape index (κ3) is 1.58. The number of nitrogens with one attached hydrogen (secondary N) is 1. The fourth-order valence-corrected chi connectivity index (χ4v) is 1.25. The van der Waals surface area contributed by atoms with Crippen molar-refractivity contribution in [3.63, 3.8) is 0 Å². The lowest BCUT2D eigenvalue weighted by molar-refractivity contribution is 0.266. The van der Waals surface area contributed by atoms with Crippen molar-refractivity contribution < 1.29 is 5.11 Å². The number of aliphatic hydroxyl groups is 1. The zero-order valence-electron chi connectivity index (χ0n) is 7.33. The smallest absolute Gasteiger partial charge is 0.149 e. The number of anilines is 2. The molecule has 0 aliphatic heterocycles. The molecule has 4 heteroatoms. The van der Waals surface area contributed by atoms with Gasteiger partial charge in [-0.1, -0.05) is 0 Å². The van der Waals surface area contributed by atoms with Crippen LogP contribution in [-0.4, -0.2) is 22.2 Å². The summed E-state index contributed by atoms with van der Waals surface area (Å²) in [6.07, 6.45) is 3.66. The first-order valence-corrected chi connectivity index (χ1v) is 4.35. The molecule has 1 aromatic heterocycles. The molecule has 1 saturated carbocycles. The van der Waals surface area contributed by atoms with E-state index in [4.69, 9.17) is 10.8 Å². The molecule has 2 rings (SSSR count). The van der Waals surface area contributed by atoms with Gasteiger partial charge in [0, 0.05) is 6.20 Å². The van der Waals surface area contributed by atoms with Crippen molar-refractivity contribution in [2.24, 2.45) is 0 Å². The number of aliphatic hydroxyl groups excluding tert-OH is 1. The average Bonchev–Trinajstić information content (AvgIpc) is 2.90. The van der Waals surface area contributed by atoms with Gasteiger partial charge in [-0.15, -0.1) is 0 Å². The molecule has 0 amide bonds. The standard InChI is InChI=1S/C9H13N3O/c10-7-2-1-5-11-8(7)12-9(6-13)3-4-9/h1-2,5,13H,3-4,6,10H2,(H,11,12). The maximum absolute atomic E-state index is 9.08. The highest BCUT2D eigenvalue weighted by Crippen LogP contribution is 2.38. The first kappa shape index (κ1) is 8.31. The van der Waals surface area contributed by atoms with Crippen molar-refractivity contribution >= 4 is 11.5 Å². The Bertz CT molecular complexity index is 309. The lowest BCUT2D eigenvalue weighted by atomic mass is 10.3. The summed E-state index contributed by atoms with van der Waals surface area (Å²) in [6.45, 7) is 0.142. The number of hydrogen-bond donors (Lipinski definition) is 3. The summed E-state index contributed by atoms with van der Waals surface area (Å²) in [5, 5.41) is 12.2. The second-order valence-electron chi connectivity index (χ2n) is 3.50. The number of rotatable bonds is 3. The summed E-state index contributed by atoms with van der Waals surface area (Å²) in [5.41, 5.74) is 6.18. The quantitative estimate of drug-likeness (QED) is 0.635. The van der Waals surface area contributed by atoms with Crippen LogP contribution in [0.4, 0.5) is 11.5 Å². The largest absolute Gasteiger partial charge is 0.396 e. The molecule has 0 atom stereocenters. The minimum Gasteiger partial charge on any atom is -0.396 e. The fraction of sp³-hybridized carbons (Fsp3) is 0.444. The van der Waals surface area contributed by atoms with Gasteiger partial charge in [0.25, 0.3) is 0 Å². The lowest BCUT2D eigenvalue weighted by Gasteiger charge is -2.15. The Morgan fingerprint density at radius 1 is 1.62 bits per heavy atom. The highest BCUT2D eigenvalue weighted by atomic mass is 16.3. The molecule has 1 fully saturated rings. The van der Waals surface area contributed by atoms with Crippen LogP contribution in [-0.2, 0) is 0 Å². The van der Waals surface area contributed by atoms with Crippen molar-refractivity contribution in [1.29, 1.82) is 0 Å². The molecule has 0 bridgehead atoms. The number of aromatic nitrogens is 1. The molecule has 4 nitrogen and oxygen atoms in total. The van der Waals surface area contributed by atoms with Crippen molar-refractivity contribution in [3.05, 3.63) is 18.3 Å². The number of pyridine rings is 1. The fourth-order valence-electron chi connectivity index (χ4n) is 1.25. The molecule has 13 heavy (non-hydrogen) atoms. The van der Waals surface area contributed by atoms with Crippen LogP contribution < -0.4 is 11.1 Å². The zero-order valence-corrected chi connectivity index (χ0v) is 7.33. The Hall–Kier alpha value is -1.29. The van der Waals surface area contributed by atoms with Crippen molar-refractivity contribution in [2.45, 2.75) is 18.4 Å². The molecule has 1 aliphatic rings. The van der Waals surface area contributed by atoms with Crippen molar-refractivity contribution in [2.75, 3.05) is 17.7 Å². The summed E-state index contributed by atoms with van der Waals surface area (Å²) in [7, 11) is 0. The molecule has 1 aromatic rings. The van der Waals surface area contributed by atoms with Gasteiger partial charge in [-0.05, 0) is 25.0 Å². The Labute approximate surface area is 76.8 Å². The predicted molar refractivity (Wildman–Crippen MR) is 51.3 cm³/mol. The maximum atomic E-state index is 9.08. The van der Waals surface area contributed by atoms with E-state index in [0.717, 1.165) is 12.8 Å². The van der Waals surface area contributed by atoms with E-state index < -0.39 is 0 Å². The first-order chi connectivity index (χ1) is 6.26. The van der Waals surface area contributed by atoms with Gasteiger partial charge >= 0.3 is 0 Å². The molecule has 70 valence electrons. The van der Waals surface area contributed by atoms with E-state index in [1.807, 2.05) is 0 Å². The third-order valence-corrected chi connectivity index (χ3v) is 2.38. The molecular weight excluding hydrogens is 166 g/mol. The third-order valence-electron chi connectivity index (χ3n) is 2.38. The number of nitrogens with two attached hydrogens (primary N) is 1. The van der Waals surface area contributed by atoms with Crippen LogP contribution in [0.15, 0.2) is 18.3 Å².